The maximum absolute atomic E-state index is 11.4. The molecule has 1 aromatic carbocycles. The highest BCUT2D eigenvalue weighted by molar-refractivity contribution is 9.10. The number of benzene rings is 1. The van der Waals surface area contributed by atoms with Crippen molar-refractivity contribution in [2.45, 2.75) is 6.42 Å². The molecule has 1 aromatic rings. The van der Waals surface area contributed by atoms with E-state index in [2.05, 4.69) is 21.9 Å². The molecule has 0 aliphatic heterocycles. The number of terminal acetylenes is 1. The highest BCUT2D eigenvalue weighted by Gasteiger charge is 2.10. The van der Waals surface area contributed by atoms with E-state index in [1.54, 1.807) is 18.2 Å². The van der Waals surface area contributed by atoms with E-state index in [1.807, 2.05) is 0 Å². The van der Waals surface area contributed by atoms with Crippen LogP contribution in [0, 0.1) is 12.3 Å². The van der Waals surface area contributed by atoms with Crippen molar-refractivity contribution in [2.24, 2.45) is 0 Å². The summed E-state index contributed by atoms with van der Waals surface area (Å²) >= 11 is 9.12. The number of rotatable bonds is 2. The number of hydrogen-bond acceptors (Lipinski definition) is 1. The molecule has 0 bridgehead atoms. The van der Waals surface area contributed by atoms with Gasteiger partial charge in [-0.3, -0.25) is 4.79 Å². The average Bonchev–Trinajstić information content (AvgIpc) is 2.10. The van der Waals surface area contributed by atoms with Crippen LogP contribution >= 0.6 is 27.5 Å². The summed E-state index contributed by atoms with van der Waals surface area (Å²) in [6.07, 6.45) is 5.11. The van der Waals surface area contributed by atoms with E-state index in [-0.39, 0.29) is 12.2 Å². The van der Waals surface area contributed by atoms with Crippen LogP contribution in [-0.2, 0) is 0 Å². The lowest BCUT2D eigenvalue weighted by molar-refractivity contribution is 0.0998. The second kappa shape index (κ2) is 4.45. The molecular formula is C10H6BrClO. The predicted octanol–water partition coefficient (Wildman–Crippen LogP) is 3.31. The third-order valence-electron chi connectivity index (χ3n) is 1.51. The summed E-state index contributed by atoms with van der Waals surface area (Å²) in [4.78, 5) is 11.4. The van der Waals surface area contributed by atoms with Gasteiger partial charge in [-0.1, -0.05) is 23.6 Å². The summed E-state index contributed by atoms with van der Waals surface area (Å²) in [6, 6.07) is 5.18. The summed E-state index contributed by atoms with van der Waals surface area (Å²) in [5.74, 6) is 2.16. The highest BCUT2D eigenvalue weighted by atomic mass is 79.9. The van der Waals surface area contributed by atoms with Crippen molar-refractivity contribution in [1.82, 2.24) is 0 Å². The van der Waals surface area contributed by atoms with E-state index in [4.69, 9.17) is 18.0 Å². The Labute approximate surface area is 90.2 Å². The molecule has 1 nitrogen and oxygen atoms in total. The van der Waals surface area contributed by atoms with Crippen molar-refractivity contribution in [2.75, 3.05) is 0 Å². The minimum absolute atomic E-state index is 0.0795. The van der Waals surface area contributed by atoms with E-state index in [9.17, 15) is 4.79 Å². The molecule has 1 rings (SSSR count). The standard InChI is InChI=1S/C10H6BrClO/c1-2-4-9(13)7-5-3-6-8(11)10(7)12/h1,3,5-6H,4H2. The van der Waals surface area contributed by atoms with E-state index in [1.165, 1.54) is 0 Å². The molecule has 0 saturated heterocycles. The normalized spacial score (nSPS) is 9.31. The SMILES string of the molecule is C#CCC(=O)c1cccc(Br)c1Cl. The molecule has 0 amide bonds. The molecule has 0 spiro atoms. The Kier molecular flexibility index (Phi) is 3.53. The molecule has 0 radical (unpaired) electrons. The average molecular weight is 258 g/mol. The zero-order chi connectivity index (χ0) is 9.84. The van der Waals surface area contributed by atoms with Crippen LogP contribution in [0.25, 0.3) is 0 Å². The zero-order valence-corrected chi connectivity index (χ0v) is 9.02. The number of halogens is 2. The van der Waals surface area contributed by atoms with Crippen LogP contribution in [0.5, 0.6) is 0 Å². The van der Waals surface area contributed by atoms with Crippen LogP contribution in [0.2, 0.25) is 5.02 Å². The van der Waals surface area contributed by atoms with Crippen LogP contribution < -0.4 is 0 Å². The molecule has 0 N–H and O–H groups in total. The first kappa shape index (κ1) is 10.3. The van der Waals surface area contributed by atoms with Crippen LogP contribution in [-0.4, -0.2) is 5.78 Å². The maximum Gasteiger partial charge on any atom is 0.176 e. The van der Waals surface area contributed by atoms with Crippen molar-refractivity contribution in [3.05, 3.63) is 33.3 Å². The van der Waals surface area contributed by atoms with Gasteiger partial charge in [0.2, 0.25) is 0 Å². The molecule has 13 heavy (non-hydrogen) atoms. The van der Waals surface area contributed by atoms with Gasteiger partial charge in [0.1, 0.15) is 0 Å². The largest absolute Gasteiger partial charge is 0.293 e. The smallest absolute Gasteiger partial charge is 0.176 e. The summed E-state index contributed by atoms with van der Waals surface area (Å²) in [5.41, 5.74) is 0.467. The first-order chi connectivity index (χ1) is 6.16. The Bertz CT molecular complexity index is 379. The Hall–Kier alpha value is -0.780. The number of ketones is 1. The first-order valence-electron chi connectivity index (χ1n) is 3.57. The van der Waals surface area contributed by atoms with Gasteiger partial charge in [0.15, 0.2) is 5.78 Å². The van der Waals surface area contributed by atoms with E-state index in [0.717, 1.165) is 0 Å². The molecule has 0 heterocycles. The molecule has 0 fully saturated rings. The lowest BCUT2D eigenvalue weighted by Gasteiger charge is -2.01. The fourth-order valence-electron chi connectivity index (χ4n) is 0.907. The van der Waals surface area contributed by atoms with E-state index >= 15 is 0 Å². The lowest BCUT2D eigenvalue weighted by Crippen LogP contribution is -1.98. The first-order valence-corrected chi connectivity index (χ1v) is 4.74. The summed E-state index contributed by atoms with van der Waals surface area (Å²) in [6.45, 7) is 0. The van der Waals surface area contributed by atoms with Crippen molar-refractivity contribution >= 4 is 33.3 Å². The van der Waals surface area contributed by atoms with Gasteiger partial charge in [-0.25, -0.2) is 0 Å². The van der Waals surface area contributed by atoms with E-state index in [0.29, 0.717) is 15.1 Å². The van der Waals surface area contributed by atoms with Crippen molar-refractivity contribution in [1.29, 1.82) is 0 Å². The van der Waals surface area contributed by atoms with Crippen LogP contribution in [0.15, 0.2) is 22.7 Å². The summed E-state index contributed by atoms with van der Waals surface area (Å²) < 4.78 is 0.706. The molecule has 0 aromatic heterocycles. The van der Waals surface area contributed by atoms with Gasteiger partial charge >= 0.3 is 0 Å². The summed E-state index contributed by atoms with van der Waals surface area (Å²) in [7, 11) is 0. The second-order valence-electron chi connectivity index (χ2n) is 2.41. The topological polar surface area (TPSA) is 17.1 Å². The fourth-order valence-corrected chi connectivity index (χ4v) is 1.50. The summed E-state index contributed by atoms with van der Waals surface area (Å²) in [5, 5.41) is 0.419. The Morgan fingerprint density at radius 1 is 1.62 bits per heavy atom. The second-order valence-corrected chi connectivity index (χ2v) is 3.64. The molecular weight excluding hydrogens is 251 g/mol. The number of Topliss-reactive ketones (excluding diaryl/α,β-unsaturated/α-hetero) is 1. The molecule has 66 valence electrons. The number of hydrogen-bond donors (Lipinski definition) is 0. The van der Waals surface area contributed by atoms with Crippen molar-refractivity contribution < 1.29 is 4.79 Å². The highest BCUT2D eigenvalue weighted by Crippen LogP contribution is 2.26. The van der Waals surface area contributed by atoms with Gasteiger partial charge in [0, 0.05) is 10.0 Å². The molecule has 3 heteroatoms. The Morgan fingerprint density at radius 3 is 2.92 bits per heavy atom. The molecule has 0 unspecified atom stereocenters. The number of carbonyl (C=O) groups excluding carboxylic acids is 1. The third-order valence-corrected chi connectivity index (χ3v) is 2.81. The Morgan fingerprint density at radius 2 is 2.31 bits per heavy atom. The van der Waals surface area contributed by atoms with Gasteiger partial charge < -0.3 is 0 Å². The minimum Gasteiger partial charge on any atom is -0.293 e. The van der Waals surface area contributed by atoms with Crippen molar-refractivity contribution in [3.63, 3.8) is 0 Å². The van der Waals surface area contributed by atoms with Gasteiger partial charge in [0.05, 0.1) is 11.4 Å². The van der Waals surface area contributed by atoms with E-state index < -0.39 is 0 Å². The van der Waals surface area contributed by atoms with Crippen LogP contribution in [0.4, 0.5) is 0 Å². The van der Waals surface area contributed by atoms with Gasteiger partial charge in [-0.15, -0.1) is 6.42 Å². The van der Waals surface area contributed by atoms with Gasteiger partial charge in [0.25, 0.3) is 0 Å². The van der Waals surface area contributed by atoms with Crippen LogP contribution in [0.3, 0.4) is 0 Å². The molecule has 0 aliphatic rings. The lowest BCUT2D eigenvalue weighted by atomic mass is 10.1. The van der Waals surface area contributed by atoms with Crippen molar-refractivity contribution in [3.8, 4) is 12.3 Å². The molecule has 0 saturated carbocycles. The minimum atomic E-state index is -0.131. The van der Waals surface area contributed by atoms with Gasteiger partial charge in [-0.05, 0) is 28.1 Å². The number of carbonyl (C=O) groups is 1. The third kappa shape index (κ3) is 2.33. The maximum atomic E-state index is 11.4. The molecule has 0 aliphatic carbocycles. The fraction of sp³-hybridized carbons (Fsp3) is 0.100. The predicted molar refractivity (Wildman–Crippen MR) is 56.9 cm³/mol. The van der Waals surface area contributed by atoms with Crippen LogP contribution in [0.1, 0.15) is 16.8 Å². The molecule has 0 atom stereocenters. The zero-order valence-electron chi connectivity index (χ0n) is 6.68. The monoisotopic (exact) mass is 256 g/mol. The quantitative estimate of drug-likeness (QED) is 0.587. The van der Waals surface area contributed by atoms with Gasteiger partial charge in [-0.2, -0.15) is 0 Å². The Balaban J connectivity index is 3.09.